The number of ether oxygens (including phenoxy) is 3. The van der Waals surface area contributed by atoms with Crippen LogP contribution in [-0.2, 0) is 9.53 Å². The predicted octanol–water partition coefficient (Wildman–Crippen LogP) is 1.43. The second kappa shape index (κ2) is 9.41. The molecule has 0 bridgehead atoms. The van der Waals surface area contributed by atoms with Crippen molar-refractivity contribution >= 4 is 24.0 Å². The highest BCUT2D eigenvalue weighted by Crippen LogP contribution is 2.30. The van der Waals surface area contributed by atoms with Gasteiger partial charge in [0.2, 0.25) is 0 Å². The molecule has 1 unspecified atom stereocenters. The van der Waals surface area contributed by atoms with Crippen molar-refractivity contribution < 1.29 is 19.0 Å². The van der Waals surface area contributed by atoms with Crippen LogP contribution >= 0.6 is 12.4 Å². The Morgan fingerprint density at radius 2 is 2.05 bits per heavy atom. The number of methoxy groups -OCH3 is 2. The Bertz CT molecular complexity index is 425. The number of benzene rings is 1. The standard InChI is InChI=1S/C13H20N2O4.ClH/c1-4-19-11-7-9(5-6-10(11)17-2)15-13(16)12(8-14)18-3;/h5-7,12H,4,8,14H2,1-3H3,(H,15,16);1H. The van der Waals surface area contributed by atoms with Crippen LogP contribution < -0.4 is 20.5 Å². The van der Waals surface area contributed by atoms with Crippen molar-refractivity contribution in [3.05, 3.63) is 18.2 Å². The highest BCUT2D eigenvalue weighted by molar-refractivity contribution is 5.94. The van der Waals surface area contributed by atoms with Gasteiger partial charge in [-0.15, -0.1) is 12.4 Å². The minimum Gasteiger partial charge on any atom is -0.493 e. The van der Waals surface area contributed by atoms with Gasteiger partial charge in [0.1, 0.15) is 6.10 Å². The predicted molar refractivity (Wildman–Crippen MR) is 79.9 cm³/mol. The van der Waals surface area contributed by atoms with Crippen molar-refractivity contribution in [2.75, 3.05) is 32.7 Å². The Morgan fingerprint density at radius 1 is 1.35 bits per heavy atom. The topological polar surface area (TPSA) is 82.8 Å². The van der Waals surface area contributed by atoms with Gasteiger partial charge in [0.25, 0.3) is 5.91 Å². The number of halogens is 1. The quantitative estimate of drug-likeness (QED) is 0.796. The largest absolute Gasteiger partial charge is 0.493 e. The van der Waals surface area contributed by atoms with E-state index in [2.05, 4.69) is 5.32 Å². The number of rotatable bonds is 7. The maximum atomic E-state index is 11.8. The van der Waals surface area contributed by atoms with Crippen LogP contribution in [0.15, 0.2) is 18.2 Å². The SMILES string of the molecule is CCOc1cc(NC(=O)C(CN)OC)ccc1OC.Cl. The van der Waals surface area contributed by atoms with E-state index in [1.54, 1.807) is 25.3 Å². The normalized spacial score (nSPS) is 11.2. The molecule has 3 N–H and O–H groups in total. The van der Waals surface area contributed by atoms with E-state index in [0.29, 0.717) is 23.8 Å². The Kier molecular flexibility index (Phi) is 8.71. The smallest absolute Gasteiger partial charge is 0.254 e. The lowest BCUT2D eigenvalue weighted by molar-refractivity contribution is -0.125. The second-order valence-corrected chi connectivity index (χ2v) is 3.75. The molecule has 1 rings (SSSR count). The number of anilines is 1. The first-order chi connectivity index (χ1) is 9.15. The van der Waals surface area contributed by atoms with Crippen LogP contribution in [0.4, 0.5) is 5.69 Å². The Morgan fingerprint density at radius 3 is 2.55 bits per heavy atom. The van der Waals surface area contributed by atoms with E-state index in [4.69, 9.17) is 19.9 Å². The molecule has 1 aromatic rings. The first-order valence-electron chi connectivity index (χ1n) is 6.00. The lowest BCUT2D eigenvalue weighted by Gasteiger charge is -2.15. The van der Waals surface area contributed by atoms with Gasteiger partial charge in [-0.1, -0.05) is 0 Å². The molecule has 114 valence electrons. The molecule has 1 amide bonds. The van der Waals surface area contributed by atoms with Gasteiger partial charge >= 0.3 is 0 Å². The lowest BCUT2D eigenvalue weighted by Crippen LogP contribution is -2.35. The van der Waals surface area contributed by atoms with Gasteiger partial charge < -0.3 is 25.3 Å². The average molecular weight is 305 g/mol. The van der Waals surface area contributed by atoms with E-state index in [-0.39, 0.29) is 24.9 Å². The fraction of sp³-hybridized carbons (Fsp3) is 0.462. The maximum Gasteiger partial charge on any atom is 0.254 e. The zero-order chi connectivity index (χ0) is 14.3. The highest BCUT2D eigenvalue weighted by atomic mass is 35.5. The van der Waals surface area contributed by atoms with Crippen molar-refractivity contribution in [2.24, 2.45) is 5.73 Å². The molecule has 0 aliphatic rings. The van der Waals surface area contributed by atoms with Gasteiger partial charge in [-0.2, -0.15) is 0 Å². The Hall–Kier alpha value is -1.50. The molecule has 0 heterocycles. The van der Waals surface area contributed by atoms with E-state index in [1.807, 2.05) is 6.92 Å². The molecule has 20 heavy (non-hydrogen) atoms. The molecular formula is C13H21ClN2O4. The van der Waals surface area contributed by atoms with Crippen molar-refractivity contribution in [2.45, 2.75) is 13.0 Å². The Balaban J connectivity index is 0.00000361. The first-order valence-corrected chi connectivity index (χ1v) is 6.00. The minimum atomic E-state index is -0.669. The summed E-state index contributed by atoms with van der Waals surface area (Å²) in [6.45, 7) is 2.51. The zero-order valence-corrected chi connectivity index (χ0v) is 12.7. The number of carbonyl (C=O) groups is 1. The number of nitrogens with two attached hydrogens (primary N) is 1. The van der Waals surface area contributed by atoms with Gasteiger partial charge in [0.05, 0.1) is 13.7 Å². The monoisotopic (exact) mass is 304 g/mol. The van der Waals surface area contributed by atoms with Crippen LogP contribution in [0.1, 0.15) is 6.92 Å². The summed E-state index contributed by atoms with van der Waals surface area (Å²) in [5.41, 5.74) is 6.03. The molecule has 0 aromatic heterocycles. The summed E-state index contributed by atoms with van der Waals surface area (Å²) in [6, 6.07) is 5.15. The van der Waals surface area contributed by atoms with E-state index >= 15 is 0 Å². The molecule has 0 spiro atoms. The maximum absolute atomic E-state index is 11.8. The fourth-order valence-corrected chi connectivity index (χ4v) is 1.56. The van der Waals surface area contributed by atoms with Crippen LogP contribution in [0.25, 0.3) is 0 Å². The summed E-state index contributed by atoms with van der Waals surface area (Å²) in [5.74, 6) is 0.893. The number of carbonyl (C=O) groups excluding carboxylic acids is 1. The highest BCUT2D eigenvalue weighted by Gasteiger charge is 2.16. The summed E-state index contributed by atoms with van der Waals surface area (Å²) >= 11 is 0. The molecule has 0 aliphatic heterocycles. The first kappa shape index (κ1) is 18.5. The summed E-state index contributed by atoms with van der Waals surface area (Å²) < 4.78 is 15.6. The second-order valence-electron chi connectivity index (χ2n) is 3.75. The lowest BCUT2D eigenvalue weighted by atomic mass is 10.2. The van der Waals surface area contributed by atoms with Crippen LogP contribution in [0.5, 0.6) is 11.5 Å². The summed E-state index contributed by atoms with van der Waals surface area (Å²) in [7, 11) is 3.00. The third kappa shape index (κ3) is 4.88. The van der Waals surface area contributed by atoms with Crippen molar-refractivity contribution in [1.82, 2.24) is 0 Å². The number of hydrogen-bond donors (Lipinski definition) is 2. The fourth-order valence-electron chi connectivity index (χ4n) is 1.56. The van der Waals surface area contributed by atoms with E-state index in [1.165, 1.54) is 7.11 Å². The molecule has 7 heteroatoms. The molecule has 0 fully saturated rings. The number of hydrogen-bond acceptors (Lipinski definition) is 5. The molecule has 0 saturated heterocycles. The van der Waals surface area contributed by atoms with Gasteiger partial charge in [0, 0.05) is 25.4 Å². The van der Waals surface area contributed by atoms with E-state index in [9.17, 15) is 4.79 Å². The minimum absolute atomic E-state index is 0. The molecule has 0 aliphatic carbocycles. The van der Waals surface area contributed by atoms with Gasteiger partial charge in [-0.25, -0.2) is 0 Å². The number of nitrogens with one attached hydrogen (secondary N) is 1. The molecule has 0 saturated carbocycles. The third-order valence-electron chi connectivity index (χ3n) is 2.52. The molecular weight excluding hydrogens is 284 g/mol. The summed E-state index contributed by atoms with van der Waals surface area (Å²) in [5, 5.41) is 2.71. The van der Waals surface area contributed by atoms with Crippen LogP contribution in [0.2, 0.25) is 0 Å². The van der Waals surface area contributed by atoms with Crippen molar-refractivity contribution in [3.63, 3.8) is 0 Å². The van der Waals surface area contributed by atoms with Crippen molar-refractivity contribution in [1.29, 1.82) is 0 Å². The van der Waals surface area contributed by atoms with Crippen molar-refractivity contribution in [3.8, 4) is 11.5 Å². The van der Waals surface area contributed by atoms with Crippen LogP contribution in [0, 0.1) is 0 Å². The third-order valence-corrected chi connectivity index (χ3v) is 2.52. The van der Waals surface area contributed by atoms with Gasteiger partial charge in [0.15, 0.2) is 11.5 Å². The molecule has 1 aromatic carbocycles. The molecule has 6 nitrogen and oxygen atoms in total. The van der Waals surface area contributed by atoms with Crippen LogP contribution in [0.3, 0.4) is 0 Å². The summed E-state index contributed by atoms with van der Waals surface area (Å²) in [6.07, 6.45) is -0.669. The average Bonchev–Trinajstić information content (AvgIpc) is 2.41. The molecule has 1 atom stereocenters. The summed E-state index contributed by atoms with van der Waals surface area (Å²) in [4.78, 5) is 11.8. The van der Waals surface area contributed by atoms with E-state index < -0.39 is 6.10 Å². The molecule has 0 radical (unpaired) electrons. The van der Waals surface area contributed by atoms with E-state index in [0.717, 1.165) is 0 Å². The van der Waals surface area contributed by atoms with Gasteiger partial charge in [-0.3, -0.25) is 4.79 Å². The zero-order valence-electron chi connectivity index (χ0n) is 11.8. The van der Waals surface area contributed by atoms with Crippen LogP contribution in [-0.4, -0.2) is 39.4 Å². The number of amides is 1. The van der Waals surface area contributed by atoms with Gasteiger partial charge in [-0.05, 0) is 19.1 Å². The Labute approximate surface area is 125 Å².